The molecule has 0 bridgehead atoms. The number of nitrogens with zero attached hydrogens (tertiary/aromatic N) is 3. The molecule has 1 heterocycles. The predicted molar refractivity (Wildman–Crippen MR) is 53.5 cm³/mol. The van der Waals surface area contributed by atoms with Gasteiger partial charge in [-0.25, -0.2) is 4.98 Å². The molecule has 0 fully saturated rings. The van der Waals surface area contributed by atoms with Crippen LogP contribution in [0.15, 0.2) is 17.7 Å². The zero-order chi connectivity index (χ0) is 11.4. The van der Waals surface area contributed by atoms with Crippen molar-refractivity contribution in [3.63, 3.8) is 0 Å². The Morgan fingerprint density at radius 3 is 2.93 bits per heavy atom. The summed E-state index contributed by atoms with van der Waals surface area (Å²) in [6.07, 6.45) is 2.96. The molecule has 0 aromatic carbocycles. The molecule has 0 aliphatic heterocycles. The summed E-state index contributed by atoms with van der Waals surface area (Å²) in [6.45, 7) is 1.61. The summed E-state index contributed by atoms with van der Waals surface area (Å²) in [5, 5.41) is 13.8. The van der Waals surface area contributed by atoms with E-state index in [0.29, 0.717) is 5.69 Å². The zero-order valence-electron chi connectivity index (χ0n) is 8.51. The number of aromatic nitrogens is 2. The van der Waals surface area contributed by atoms with Crippen molar-refractivity contribution in [2.75, 3.05) is 0 Å². The molecule has 1 atom stereocenters. The second-order valence-electron chi connectivity index (χ2n) is 3.11. The molecular weight excluding hydrogens is 198 g/mol. The first-order valence-electron chi connectivity index (χ1n) is 4.31. The molecule has 0 spiro atoms. The van der Waals surface area contributed by atoms with E-state index in [9.17, 15) is 4.79 Å². The number of oxime groups is 1. The van der Waals surface area contributed by atoms with E-state index >= 15 is 0 Å². The lowest BCUT2D eigenvalue weighted by atomic mass is 10.3. The summed E-state index contributed by atoms with van der Waals surface area (Å²) >= 11 is 0. The van der Waals surface area contributed by atoms with Gasteiger partial charge in [0.15, 0.2) is 5.84 Å². The maximum Gasteiger partial charge on any atom is 0.270 e. The van der Waals surface area contributed by atoms with Crippen LogP contribution in [-0.2, 0) is 7.05 Å². The maximum absolute atomic E-state index is 11.6. The first-order chi connectivity index (χ1) is 7.06. The van der Waals surface area contributed by atoms with Crippen molar-refractivity contribution in [3.8, 4) is 0 Å². The second-order valence-corrected chi connectivity index (χ2v) is 3.11. The van der Waals surface area contributed by atoms with Crippen molar-refractivity contribution in [1.82, 2.24) is 14.9 Å². The van der Waals surface area contributed by atoms with Gasteiger partial charge in [-0.05, 0) is 6.92 Å². The molecule has 15 heavy (non-hydrogen) atoms. The number of nitrogens with one attached hydrogen (secondary N) is 1. The molecule has 0 saturated carbocycles. The summed E-state index contributed by atoms with van der Waals surface area (Å²) in [4.78, 5) is 15.4. The maximum atomic E-state index is 11.6. The quantitative estimate of drug-likeness (QED) is 0.265. The van der Waals surface area contributed by atoms with Gasteiger partial charge in [-0.1, -0.05) is 5.16 Å². The third-order valence-electron chi connectivity index (χ3n) is 1.96. The highest BCUT2D eigenvalue weighted by Crippen LogP contribution is 1.96. The van der Waals surface area contributed by atoms with Gasteiger partial charge in [-0.2, -0.15) is 0 Å². The molecule has 4 N–H and O–H groups in total. The van der Waals surface area contributed by atoms with E-state index < -0.39 is 6.04 Å². The van der Waals surface area contributed by atoms with Crippen LogP contribution in [0, 0.1) is 0 Å². The fraction of sp³-hybridized carbons (Fsp3) is 0.375. The molecule has 0 aliphatic carbocycles. The molecule has 1 aromatic heterocycles. The largest absolute Gasteiger partial charge is 0.409 e. The molecule has 1 unspecified atom stereocenters. The molecule has 7 nitrogen and oxygen atoms in total. The number of aryl methyl sites for hydroxylation is 1. The van der Waals surface area contributed by atoms with Crippen molar-refractivity contribution < 1.29 is 10.0 Å². The predicted octanol–water partition coefficient (Wildman–Crippen LogP) is -0.715. The van der Waals surface area contributed by atoms with Gasteiger partial charge in [0, 0.05) is 7.05 Å². The van der Waals surface area contributed by atoms with Crippen molar-refractivity contribution in [2.45, 2.75) is 13.0 Å². The monoisotopic (exact) mass is 211 g/mol. The normalized spacial score (nSPS) is 13.6. The Morgan fingerprint density at radius 2 is 2.47 bits per heavy atom. The molecule has 1 rings (SSSR count). The van der Waals surface area contributed by atoms with Crippen molar-refractivity contribution in [2.24, 2.45) is 17.9 Å². The molecule has 82 valence electrons. The molecule has 0 radical (unpaired) electrons. The zero-order valence-corrected chi connectivity index (χ0v) is 8.51. The van der Waals surface area contributed by atoms with Crippen LogP contribution >= 0.6 is 0 Å². The first kappa shape index (κ1) is 11.0. The van der Waals surface area contributed by atoms with Crippen LogP contribution in [0.3, 0.4) is 0 Å². The van der Waals surface area contributed by atoms with Gasteiger partial charge in [-0.3, -0.25) is 4.79 Å². The Morgan fingerprint density at radius 1 is 1.80 bits per heavy atom. The number of carbonyl (C=O) groups excluding carboxylic acids is 1. The average molecular weight is 211 g/mol. The number of amides is 1. The van der Waals surface area contributed by atoms with Crippen molar-refractivity contribution in [3.05, 3.63) is 18.2 Å². The molecule has 7 heteroatoms. The first-order valence-corrected chi connectivity index (χ1v) is 4.31. The van der Waals surface area contributed by atoms with Crippen molar-refractivity contribution >= 4 is 11.7 Å². The molecular formula is C8H13N5O2. The number of nitrogens with two attached hydrogens (primary N) is 1. The third-order valence-corrected chi connectivity index (χ3v) is 1.96. The summed E-state index contributed by atoms with van der Waals surface area (Å²) in [6, 6.07) is -0.530. The molecule has 1 aromatic rings. The highest BCUT2D eigenvalue weighted by atomic mass is 16.4. The Labute approximate surface area is 86.6 Å². The van der Waals surface area contributed by atoms with E-state index in [1.54, 1.807) is 18.5 Å². The van der Waals surface area contributed by atoms with Gasteiger partial charge >= 0.3 is 0 Å². The molecule has 1 amide bonds. The number of hydrogen-bond acceptors (Lipinski definition) is 4. The van der Waals surface area contributed by atoms with E-state index in [2.05, 4.69) is 15.5 Å². The summed E-state index contributed by atoms with van der Waals surface area (Å²) in [7, 11) is 1.70. The lowest BCUT2D eigenvalue weighted by molar-refractivity contribution is 0.0940. The fourth-order valence-electron chi connectivity index (χ4n) is 1.01. The standard InChI is InChI=1S/C8H13N5O2/c1-5(7(9)12-15)11-8(14)6-3-10-4-13(6)2/h3-5,15H,1-2H3,(H2,9,12)(H,11,14). The minimum atomic E-state index is -0.530. The molecule has 0 aliphatic rings. The van der Waals surface area contributed by atoms with Gasteiger partial charge in [0.2, 0.25) is 0 Å². The van der Waals surface area contributed by atoms with E-state index in [1.165, 1.54) is 12.5 Å². The Kier molecular flexibility index (Phi) is 3.27. The van der Waals surface area contributed by atoms with Crippen LogP contribution in [0.25, 0.3) is 0 Å². The van der Waals surface area contributed by atoms with Crippen LogP contribution in [-0.4, -0.2) is 32.5 Å². The van der Waals surface area contributed by atoms with E-state index in [4.69, 9.17) is 10.9 Å². The summed E-state index contributed by atoms with van der Waals surface area (Å²) in [5.74, 6) is -0.375. The van der Waals surface area contributed by atoms with Crippen molar-refractivity contribution in [1.29, 1.82) is 0 Å². The summed E-state index contributed by atoms with van der Waals surface area (Å²) < 4.78 is 1.58. The fourth-order valence-corrected chi connectivity index (χ4v) is 1.01. The van der Waals surface area contributed by atoms with Crippen LogP contribution in [0.5, 0.6) is 0 Å². The van der Waals surface area contributed by atoms with E-state index in [1.807, 2.05) is 0 Å². The highest BCUT2D eigenvalue weighted by Gasteiger charge is 2.15. The number of amidine groups is 1. The van der Waals surface area contributed by atoms with Crippen LogP contribution in [0.4, 0.5) is 0 Å². The minimum absolute atomic E-state index is 0.0504. The summed E-state index contributed by atoms with van der Waals surface area (Å²) in [5.41, 5.74) is 5.73. The van der Waals surface area contributed by atoms with E-state index in [-0.39, 0.29) is 11.7 Å². The topological polar surface area (TPSA) is 106 Å². The number of imidazole rings is 1. The number of carbonyl (C=O) groups is 1. The lowest BCUT2D eigenvalue weighted by Gasteiger charge is -2.11. The van der Waals surface area contributed by atoms with Gasteiger partial charge < -0.3 is 20.8 Å². The SMILES string of the molecule is CC(NC(=O)c1cncn1C)C(N)=NO. The van der Waals surface area contributed by atoms with Gasteiger partial charge in [0.25, 0.3) is 5.91 Å². The van der Waals surface area contributed by atoms with Gasteiger partial charge in [0.1, 0.15) is 5.69 Å². The van der Waals surface area contributed by atoms with Crippen LogP contribution < -0.4 is 11.1 Å². The lowest BCUT2D eigenvalue weighted by Crippen LogP contribution is -2.42. The number of hydrogen-bond donors (Lipinski definition) is 3. The van der Waals surface area contributed by atoms with Gasteiger partial charge in [0.05, 0.1) is 18.6 Å². The molecule has 0 saturated heterocycles. The van der Waals surface area contributed by atoms with E-state index in [0.717, 1.165) is 0 Å². The Bertz CT molecular complexity index is 384. The van der Waals surface area contributed by atoms with Crippen LogP contribution in [0.1, 0.15) is 17.4 Å². The highest BCUT2D eigenvalue weighted by molar-refractivity contribution is 5.96. The third kappa shape index (κ3) is 2.46. The smallest absolute Gasteiger partial charge is 0.270 e. The number of rotatable bonds is 3. The Balaban J connectivity index is 2.69. The second kappa shape index (κ2) is 4.45. The Hall–Kier alpha value is -2.05. The minimum Gasteiger partial charge on any atom is -0.409 e. The van der Waals surface area contributed by atoms with Gasteiger partial charge in [-0.15, -0.1) is 0 Å². The van der Waals surface area contributed by atoms with Crippen LogP contribution in [0.2, 0.25) is 0 Å². The average Bonchev–Trinajstić information content (AvgIpc) is 2.63.